The second-order valence-electron chi connectivity index (χ2n) is 10.9. The molecule has 1 saturated heterocycles. The van der Waals surface area contributed by atoms with E-state index >= 15 is 0 Å². The van der Waals surface area contributed by atoms with Crippen molar-refractivity contribution in [1.82, 2.24) is 20.1 Å². The van der Waals surface area contributed by atoms with Crippen LogP contribution in [0.15, 0.2) is 79.0 Å². The van der Waals surface area contributed by atoms with Gasteiger partial charge in [0.2, 0.25) is 5.91 Å². The zero-order valence-electron chi connectivity index (χ0n) is 23.7. The number of rotatable bonds is 8. The van der Waals surface area contributed by atoms with E-state index < -0.39 is 6.04 Å². The SMILES string of the molecule is C[C@@H](c1c[nH]c2ccccc12)[C@@H](NC(=O)N1CCN(c2ccc(Cl)cc2)CC1)C(=O)Nc1cccc(CN(C)C)c1. The Balaban J connectivity index is 1.33. The number of hydrogen-bond acceptors (Lipinski definition) is 4. The molecule has 4 aromatic rings. The number of amides is 3. The molecule has 8 nitrogen and oxygen atoms in total. The summed E-state index contributed by atoms with van der Waals surface area (Å²) in [7, 11) is 4.02. The molecule has 0 unspecified atom stereocenters. The quantitative estimate of drug-likeness (QED) is 0.259. The van der Waals surface area contributed by atoms with Crippen LogP contribution in [0, 0.1) is 0 Å². The van der Waals surface area contributed by atoms with Gasteiger partial charge in [-0.25, -0.2) is 4.79 Å². The number of nitrogens with zero attached hydrogens (tertiary/aromatic N) is 3. The van der Waals surface area contributed by atoms with E-state index in [4.69, 9.17) is 11.6 Å². The molecule has 5 rings (SSSR count). The van der Waals surface area contributed by atoms with Crippen molar-refractivity contribution in [2.24, 2.45) is 0 Å². The van der Waals surface area contributed by atoms with E-state index in [-0.39, 0.29) is 17.9 Å². The number of aromatic nitrogens is 1. The Hall–Kier alpha value is -4.01. The molecular formula is C32H37ClN6O2. The van der Waals surface area contributed by atoms with Crippen LogP contribution in [0.25, 0.3) is 10.9 Å². The third-order valence-electron chi connectivity index (χ3n) is 7.63. The molecule has 0 radical (unpaired) electrons. The number of hydrogen-bond donors (Lipinski definition) is 3. The van der Waals surface area contributed by atoms with Crippen LogP contribution in [0.2, 0.25) is 5.02 Å². The van der Waals surface area contributed by atoms with E-state index in [1.165, 1.54) is 0 Å². The van der Waals surface area contributed by atoms with E-state index in [2.05, 4.69) is 25.4 Å². The number of piperazine rings is 1. The summed E-state index contributed by atoms with van der Waals surface area (Å²) in [5.41, 5.74) is 4.86. The number of H-pyrrole nitrogens is 1. The number of benzene rings is 3. The molecule has 1 aliphatic heterocycles. The van der Waals surface area contributed by atoms with Crippen LogP contribution in [-0.4, -0.2) is 73.0 Å². The first kappa shape index (κ1) is 28.5. The molecule has 41 heavy (non-hydrogen) atoms. The summed E-state index contributed by atoms with van der Waals surface area (Å²) in [5.74, 6) is -0.534. The minimum Gasteiger partial charge on any atom is -0.368 e. The van der Waals surface area contributed by atoms with Crippen LogP contribution in [0.5, 0.6) is 0 Å². The summed E-state index contributed by atoms with van der Waals surface area (Å²) >= 11 is 6.05. The van der Waals surface area contributed by atoms with Crippen molar-refractivity contribution in [3.8, 4) is 0 Å². The summed E-state index contributed by atoms with van der Waals surface area (Å²) in [6, 6.07) is 22.5. The second-order valence-corrected chi connectivity index (χ2v) is 11.3. The van der Waals surface area contributed by atoms with E-state index in [0.29, 0.717) is 36.9 Å². The molecular weight excluding hydrogens is 536 g/mol. The number of fused-ring (bicyclic) bond motifs is 1. The van der Waals surface area contributed by atoms with Gasteiger partial charge < -0.3 is 30.3 Å². The van der Waals surface area contributed by atoms with Crippen LogP contribution in [0.3, 0.4) is 0 Å². The number of para-hydroxylation sites is 1. The molecule has 3 N–H and O–H groups in total. The van der Waals surface area contributed by atoms with Crippen LogP contribution < -0.4 is 15.5 Å². The highest BCUT2D eigenvalue weighted by Gasteiger charge is 2.32. The second kappa shape index (κ2) is 12.7. The van der Waals surface area contributed by atoms with Gasteiger partial charge in [0.25, 0.3) is 0 Å². The van der Waals surface area contributed by atoms with Crippen molar-refractivity contribution < 1.29 is 9.59 Å². The van der Waals surface area contributed by atoms with Gasteiger partial charge in [0, 0.05) is 72.1 Å². The van der Waals surface area contributed by atoms with Crippen molar-refractivity contribution in [2.45, 2.75) is 25.4 Å². The summed E-state index contributed by atoms with van der Waals surface area (Å²) in [6.45, 7) is 5.25. The van der Waals surface area contributed by atoms with Crippen molar-refractivity contribution in [3.63, 3.8) is 0 Å². The van der Waals surface area contributed by atoms with Gasteiger partial charge in [-0.05, 0) is 67.7 Å². The molecule has 214 valence electrons. The van der Waals surface area contributed by atoms with Gasteiger partial charge in [-0.15, -0.1) is 0 Å². The highest BCUT2D eigenvalue weighted by Crippen LogP contribution is 2.29. The van der Waals surface area contributed by atoms with Gasteiger partial charge in [-0.3, -0.25) is 4.79 Å². The predicted molar refractivity (Wildman–Crippen MR) is 167 cm³/mol. The fraction of sp³-hybridized carbons (Fsp3) is 0.312. The van der Waals surface area contributed by atoms with E-state index in [1.54, 1.807) is 4.90 Å². The Morgan fingerprint density at radius 1 is 0.976 bits per heavy atom. The van der Waals surface area contributed by atoms with Crippen LogP contribution in [-0.2, 0) is 11.3 Å². The van der Waals surface area contributed by atoms with E-state index in [9.17, 15) is 9.59 Å². The maximum absolute atomic E-state index is 13.8. The van der Waals surface area contributed by atoms with E-state index in [0.717, 1.165) is 34.3 Å². The minimum absolute atomic E-state index is 0.242. The number of halogens is 1. The van der Waals surface area contributed by atoms with Gasteiger partial charge in [0.05, 0.1) is 0 Å². The number of carbonyl (C=O) groups excluding carboxylic acids is 2. The van der Waals surface area contributed by atoms with E-state index in [1.807, 2.05) is 100 Å². The highest BCUT2D eigenvalue weighted by atomic mass is 35.5. The maximum atomic E-state index is 13.8. The summed E-state index contributed by atoms with van der Waals surface area (Å²) in [5, 5.41) is 7.89. The average Bonchev–Trinajstić information content (AvgIpc) is 3.40. The van der Waals surface area contributed by atoms with Crippen molar-refractivity contribution in [3.05, 3.63) is 95.1 Å². The zero-order valence-corrected chi connectivity index (χ0v) is 24.5. The largest absolute Gasteiger partial charge is 0.368 e. The normalized spacial score (nSPS) is 15.1. The molecule has 2 heterocycles. The molecule has 2 atom stereocenters. The smallest absolute Gasteiger partial charge is 0.318 e. The van der Waals surface area contributed by atoms with Crippen LogP contribution in [0.1, 0.15) is 24.0 Å². The lowest BCUT2D eigenvalue weighted by molar-refractivity contribution is -0.118. The Morgan fingerprint density at radius 3 is 2.44 bits per heavy atom. The third kappa shape index (κ3) is 6.84. The van der Waals surface area contributed by atoms with Gasteiger partial charge in [0.15, 0.2) is 0 Å². The lowest BCUT2D eigenvalue weighted by Crippen LogP contribution is -2.56. The van der Waals surface area contributed by atoms with Gasteiger partial charge in [-0.2, -0.15) is 0 Å². The first-order valence-electron chi connectivity index (χ1n) is 13.9. The van der Waals surface area contributed by atoms with Crippen molar-refractivity contribution in [2.75, 3.05) is 50.5 Å². The van der Waals surface area contributed by atoms with Gasteiger partial charge in [-0.1, -0.05) is 48.9 Å². The molecule has 9 heteroatoms. The fourth-order valence-electron chi connectivity index (χ4n) is 5.44. The monoisotopic (exact) mass is 572 g/mol. The molecule has 1 fully saturated rings. The Labute approximate surface area is 246 Å². The first-order chi connectivity index (χ1) is 19.8. The summed E-state index contributed by atoms with van der Waals surface area (Å²) in [4.78, 5) is 36.8. The zero-order chi connectivity index (χ0) is 28.9. The standard InChI is InChI=1S/C32H37ClN6O2/c1-22(28-20-34-29-10-5-4-9-27(28)29)30(31(40)35-25-8-6-7-23(19-25)21-37(2)3)36-32(41)39-17-15-38(16-18-39)26-13-11-24(33)12-14-26/h4-14,19-20,22,30,34H,15-18,21H2,1-3H3,(H,35,40)(H,36,41)/t22-,30+/m0/s1. The topological polar surface area (TPSA) is 83.7 Å². The molecule has 0 saturated carbocycles. The molecule has 0 bridgehead atoms. The average molecular weight is 573 g/mol. The molecule has 3 amide bonds. The maximum Gasteiger partial charge on any atom is 0.318 e. The number of carbonyl (C=O) groups is 2. The lowest BCUT2D eigenvalue weighted by Gasteiger charge is -2.37. The summed E-state index contributed by atoms with van der Waals surface area (Å²) in [6.07, 6.45) is 1.93. The molecule has 0 spiro atoms. The number of urea groups is 1. The summed E-state index contributed by atoms with van der Waals surface area (Å²) < 4.78 is 0. The molecule has 1 aliphatic rings. The molecule has 1 aromatic heterocycles. The Kier molecular flexibility index (Phi) is 8.81. The predicted octanol–water partition coefficient (Wildman–Crippen LogP) is 5.53. The van der Waals surface area contributed by atoms with Gasteiger partial charge >= 0.3 is 6.03 Å². The lowest BCUT2D eigenvalue weighted by atomic mass is 9.92. The third-order valence-corrected chi connectivity index (χ3v) is 7.88. The van der Waals surface area contributed by atoms with Crippen LogP contribution in [0.4, 0.5) is 16.2 Å². The Bertz CT molecular complexity index is 1490. The fourth-order valence-corrected chi connectivity index (χ4v) is 5.57. The van der Waals surface area contributed by atoms with Crippen molar-refractivity contribution >= 4 is 45.8 Å². The van der Waals surface area contributed by atoms with Gasteiger partial charge in [0.1, 0.15) is 6.04 Å². The Morgan fingerprint density at radius 2 is 1.71 bits per heavy atom. The number of nitrogens with one attached hydrogen (secondary N) is 3. The number of anilines is 2. The van der Waals surface area contributed by atoms with Crippen LogP contribution >= 0.6 is 11.6 Å². The molecule has 0 aliphatic carbocycles. The first-order valence-corrected chi connectivity index (χ1v) is 14.3. The van der Waals surface area contributed by atoms with Crippen molar-refractivity contribution in [1.29, 1.82) is 0 Å². The number of aromatic amines is 1. The highest BCUT2D eigenvalue weighted by molar-refractivity contribution is 6.30. The molecule has 3 aromatic carbocycles. The minimum atomic E-state index is -0.784.